The molecular formula is C28H27N3O3. The number of rotatable bonds is 5. The molecule has 3 heterocycles. The fraction of sp³-hybridized carbons (Fsp3) is 0.286. The lowest BCUT2D eigenvalue weighted by molar-refractivity contribution is 0.0586. The molecule has 3 aromatic carbocycles. The zero-order chi connectivity index (χ0) is 23.2. The summed E-state index contributed by atoms with van der Waals surface area (Å²) in [6.45, 7) is 3.01. The van der Waals surface area contributed by atoms with Crippen molar-refractivity contribution in [3.8, 4) is 5.75 Å². The number of methoxy groups -OCH3 is 1. The molecule has 172 valence electrons. The van der Waals surface area contributed by atoms with Crippen LogP contribution in [0.2, 0.25) is 0 Å². The Balaban J connectivity index is 1.13. The van der Waals surface area contributed by atoms with Gasteiger partial charge < -0.3 is 14.6 Å². The highest BCUT2D eigenvalue weighted by Gasteiger charge is 2.33. The normalized spacial score (nSPS) is 17.1. The van der Waals surface area contributed by atoms with Crippen LogP contribution in [-0.4, -0.2) is 59.9 Å². The number of benzene rings is 3. The maximum absolute atomic E-state index is 13.1. The zero-order valence-corrected chi connectivity index (χ0v) is 19.2. The quantitative estimate of drug-likeness (QED) is 0.441. The van der Waals surface area contributed by atoms with E-state index in [4.69, 9.17) is 4.74 Å². The van der Waals surface area contributed by atoms with Gasteiger partial charge in [-0.2, -0.15) is 0 Å². The Morgan fingerprint density at radius 3 is 2.32 bits per heavy atom. The molecule has 0 saturated carbocycles. The van der Waals surface area contributed by atoms with Gasteiger partial charge in [0.05, 0.1) is 7.11 Å². The van der Waals surface area contributed by atoms with E-state index in [9.17, 15) is 9.59 Å². The van der Waals surface area contributed by atoms with Crippen LogP contribution in [0.15, 0.2) is 60.8 Å². The van der Waals surface area contributed by atoms with Crippen LogP contribution in [-0.2, 0) is 0 Å². The number of aromatic nitrogens is 1. The molecule has 1 fully saturated rings. The van der Waals surface area contributed by atoms with Crippen LogP contribution in [0, 0.1) is 0 Å². The highest BCUT2D eigenvalue weighted by Crippen LogP contribution is 2.35. The van der Waals surface area contributed by atoms with E-state index in [0.717, 1.165) is 48.0 Å². The van der Waals surface area contributed by atoms with Crippen LogP contribution < -0.4 is 4.74 Å². The summed E-state index contributed by atoms with van der Waals surface area (Å²) in [5.74, 6) is 0.993. The number of amides is 2. The van der Waals surface area contributed by atoms with Crippen molar-refractivity contribution in [3.05, 3.63) is 77.5 Å². The number of hydrogen-bond acceptors (Lipinski definition) is 4. The average Bonchev–Trinajstić information content (AvgIpc) is 3.30. The van der Waals surface area contributed by atoms with Gasteiger partial charge in [0, 0.05) is 46.7 Å². The smallest absolute Gasteiger partial charge is 0.261 e. The van der Waals surface area contributed by atoms with E-state index < -0.39 is 0 Å². The van der Waals surface area contributed by atoms with Gasteiger partial charge in [0.15, 0.2) is 0 Å². The van der Waals surface area contributed by atoms with E-state index >= 15 is 0 Å². The predicted octanol–water partition coefficient (Wildman–Crippen LogP) is 4.81. The fourth-order valence-corrected chi connectivity index (χ4v) is 5.58. The molecule has 1 N–H and O–H groups in total. The van der Waals surface area contributed by atoms with Gasteiger partial charge in [0.2, 0.25) is 0 Å². The molecule has 2 aliphatic rings. The molecule has 6 rings (SSSR count). The monoisotopic (exact) mass is 453 g/mol. The van der Waals surface area contributed by atoms with Gasteiger partial charge in [-0.1, -0.05) is 24.3 Å². The minimum Gasteiger partial charge on any atom is -0.497 e. The summed E-state index contributed by atoms with van der Waals surface area (Å²) in [6, 6.07) is 17.5. The number of fused-ring (bicyclic) bond motifs is 1. The first kappa shape index (κ1) is 20.9. The van der Waals surface area contributed by atoms with E-state index in [0.29, 0.717) is 30.1 Å². The van der Waals surface area contributed by atoms with Crippen molar-refractivity contribution >= 4 is 33.5 Å². The number of carbonyl (C=O) groups excluding carboxylic acids is 2. The summed E-state index contributed by atoms with van der Waals surface area (Å²) in [4.78, 5) is 33.5. The molecule has 1 aromatic heterocycles. The lowest BCUT2D eigenvalue weighted by Gasteiger charge is -2.34. The molecule has 0 unspecified atom stereocenters. The Morgan fingerprint density at radius 1 is 0.941 bits per heavy atom. The third kappa shape index (κ3) is 3.37. The Hall–Kier alpha value is -3.64. The molecule has 34 heavy (non-hydrogen) atoms. The van der Waals surface area contributed by atoms with Crippen LogP contribution in [0.25, 0.3) is 21.7 Å². The molecule has 1 saturated heterocycles. The van der Waals surface area contributed by atoms with Crippen LogP contribution in [0.3, 0.4) is 0 Å². The maximum Gasteiger partial charge on any atom is 0.261 e. The van der Waals surface area contributed by atoms with Gasteiger partial charge in [0.1, 0.15) is 5.75 Å². The molecule has 0 aliphatic carbocycles. The standard InChI is InChI=1S/C28H27N3O3/c1-34-20-8-9-25-23(16-20)24(17-29-25)18-10-12-30(13-11-18)14-15-31-27(32)21-6-2-4-19-5-3-7-22(26(19)21)28(31)33/h2-9,16-18,29H,10-15H2,1H3. The van der Waals surface area contributed by atoms with Crippen LogP contribution in [0.5, 0.6) is 5.75 Å². The second-order valence-corrected chi connectivity index (χ2v) is 9.24. The molecule has 0 spiro atoms. The summed E-state index contributed by atoms with van der Waals surface area (Å²) >= 11 is 0. The van der Waals surface area contributed by atoms with Gasteiger partial charge in [-0.25, -0.2) is 0 Å². The molecule has 6 nitrogen and oxygen atoms in total. The van der Waals surface area contributed by atoms with E-state index in [2.05, 4.69) is 28.2 Å². The van der Waals surface area contributed by atoms with Crippen molar-refractivity contribution in [2.24, 2.45) is 0 Å². The van der Waals surface area contributed by atoms with Crippen LogP contribution in [0.1, 0.15) is 45.0 Å². The van der Waals surface area contributed by atoms with Gasteiger partial charge in [-0.3, -0.25) is 14.5 Å². The summed E-state index contributed by atoms with van der Waals surface area (Å²) in [5, 5.41) is 2.95. The van der Waals surface area contributed by atoms with Gasteiger partial charge in [-0.05, 0) is 73.1 Å². The second kappa shape index (κ2) is 8.29. The number of H-pyrrole nitrogens is 1. The molecule has 2 aliphatic heterocycles. The molecule has 2 amide bonds. The lowest BCUT2D eigenvalue weighted by atomic mass is 9.89. The van der Waals surface area contributed by atoms with Crippen LogP contribution >= 0.6 is 0 Å². The first-order chi connectivity index (χ1) is 16.6. The first-order valence-electron chi connectivity index (χ1n) is 11.9. The number of carbonyl (C=O) groups is 2. The topological polar surface area (TPSA) is 65.6 Å². The zero-order valence-electron chi connectivity index (χ0n) is 19.2. The number of ether oxygens (including phenoxy) is 1. The van der Waals surface area contributed by atoms with Crippen molar-refractivity contribution in [1.82, 2.24) is 14.8 Å². The molecule has 0 bridgehead atoms. The van der Waals surface area contributed by atoms with Gasteiger partial charge in [0.25, 0.3) is 11.8 Å². The van der Waals surface area contributed by atoms with Crippen molar-refractivity contribution in [2.75, 3.05) is 33.3 Å². The number of imide groups is 1. The molecule has 0 radical (unpaired) electrons. The summed E-state index contributed by atoms with van der Waals surface area (Å²) in [6.07, 6.45) is 4.23. The molecular weight excluding hydrogens is 426 g/mol. The number of nitrogens with zero attached hydrogens (tertiary/aromatic N) is 2. The predicted molar refractivity (Wildman–Crippen MR) is 133 cm³/mol. The highest BCUT2D eigenvalue weighted by molar-refractivity contribution is 6.25. The summed E-state index contributed by atoms with van der Waals surface area (Å²) in [7, 11) is 1.70. The lowest BCUT2D eigenvalue weighted by Crippen LogP contribution is -2.45. The SMILES string of the molecule is COc1ccc2[nH]cc(C3CCN(CCN4C(=O)c5cccc6cccc(c56)C4=O)CC3)c2c1. The van der Waals surface area contributed by atoms with E-state index in [1.165, 1.54) is 15.8 Å². The van der Waals surface area contributed by atoms with Gasteiger partial charge in [-0.15, -0.1) is 0 Å². The van der Waals surface area contributed by atoms with Crippen molar-refractivity contribution in [1.29, 1.82) is 0 Å². The molecule has 0 atom stereocenters. The first-order valence-corrected chi connectivity index (χ1v) is 11.9. The fourth-order valence-electron chi connectivity index (χ4n) is 5.58. The van der Waals surface area contributed by atoms with E-state index in [1.54, 1.807) is 7.11 Å². The number of aromatic amines is 1. The number of hydrogen-bond donors (Lipinski definition) is 1. The van der Waals surface area contributed by atoms with Crippen molar-refractivity contribution < 1.29 is 14.3 Å². The number of likely N-dealkylation sites (tertiary alicyclic amines) is 1. The number of piperidine rings is 1. The van der Waals surface area contributed by atoms with E-state index in [-0.39, 0.29) is 11.8 Å². The summed E-state index contributed by atoms with van der Waals surface area (Å²) in [5.41, 5.74) is 3.73. The van der Waals surface area contributed by atoms with E-state index in [1.807, 2.05) is 42.5 Å². The number of nitrogens with one attached hydrogen (secondary N) is 1. The third-order valence-electron chi connectivity index (χ3n) is 7.44. The van der Waals surface area contributed by atoms with Crippen molar-refractivity contribution in [3.63, 3.8) is 0 Å². The second-order valence-electron chi connectivity index (χ2n) is 9.24. The highest BCUT2D eigenvalue weighted by atomic mass is 16.5. The Bertz CT molecular complexity index is 1360. The van der Waals surface area contributed by atoms with Crippen molar-refractivity contribution in [2.45, 2.75) is 18.8 Å². The van der Waals surface area contributed by atoms with Crippen LogP contribution in [0.4, 0.5) is 0 Å². The maximum atomic E-state index is 13.1. The third-order valence-corrected chi connectivity index (χ3v) is 7.44. The minimum absolute atomic E-state index is 0.183. The van der Waals surface area contributed by atoms with Gasteiger partial charge >= 0.3 is 0 Å². The average molecular weight is 454 g/mol. The Labute approximate surface area is 198 Å². The Kier molecular flexibility index (Phi) is 5.11. The largest absolute Gasteiger partial charge is 0.497 e. The minimum atomic E-state index is -0.183. The summed E-state index contributed by atoms with van der Waals surface area (Å²) < 4.78 is 5.42. The molecule has 6 heteroatoms. The Morgan fingerprint density at radius 2 is 1.65 bits per heavy atom. The molecule has 4 aromatic rings.